The molecule has 0 heterocycles. The Bertz CT molecular complexity index is 447. The molecule has 0 fully saturated rings. The first kappa shape index (κ1) is 23.9. The summed E-state index contributed by atoms with van der Waals surface area (Å²) >= 11 is 0. The van der Waals surface area contributed by atoms with Crippen molar-refractivity contribution in [3.8, 4) is 0 Å². The predicted octanol–water partition coefficient (Wildman–Crippen LogP) is -1.95. The minimum Gasteiger partial charge on any atom is -0.550 e. The van der Waals surface area contributed by atoms with Crippen LogP contribution in [-0.4, -0.2) is 85.7 Å². The number of guanidine groups is 1. The van der Waals surface area contributed by atoms with Crippen molar-refractivity contribution in [2.45, 2.75) is 25.9 Å². The molecule has 0 bridgehead atoms. The summed E-state index contributed by atoms with van der Waals surface area (Å²) in [5.74, 6) is -2.81. The Balaban J connectivity index is 0. The minimum atomic E-state index is -1.20. The molecule has 24 heavy (non-hydrogen) atoms. The van der Waals surface area contributed by atoms with Crippen molar-refractivity contribution in [1.29, 1.82) is 5.41 Å². The highest BCUT2D eigenvalue weighted by Gasteiger charge is 2.21. The number of carboxylic acid groups (broad SMARTS) is 2. The van der Waals surface area contributed by atoms with Crippen LogP contribution in [0.25, 0.3) is 0 Å². The van der Waals surface area contributed by atoms with Crippen LogP contribution in [0.1, 0.15) is 19.8 Å². The first-order valence-corrected chi connectivity index (χ1v) is 7.25. The van der Waals surface area contributed by atoms with Crippen LogP contribution in [0.15, 0.2) is 0 Å². The molecule has 1 atom stereocenters. The van der Waals surface area contributed by atoms with Gasteiger partial charge in [0.25, 0.3) is 0 Å². The van der Waals surface area contributed by atoms with Crippen LogP contribution in [0.2, 0.25) is 0 Å². The van der Waals surface area contributed by atoms with Crippen molar-refractivity contribution >= 4 is 23.9 Å². The Morgan fingerprint density at radius 1 is 1.33 bits per heavy atom. The van der Waals surface area contributed by atoms with Gasteiger partial charge < -0.3 is 34.9 Å². The predicted molar refractivity (Wildman–Crippen MR) is 84.9 cm³/mol. The Kier molecular flexibility index (Phi) is 11.2. The Labute approximate surface area is 141 Å². The molecule has 0 aliphatic carbocycles. The zero-order chi connectivity index (χ0) is 19.5. The van der Waals surface area contributed by atoms with E-state index in [2.05, 4.69) is 0 Å². The lowest BCUT2D eigenvalue weighted by atomic mass is 10.2. The lowest BCUT2D eigenvalue weighted by molar-refractivity contribution is -0.873. The zero-order valence-corrected chi connectivity index (χ0v) is 14.9. The van der Waals surface area contributed by atoms with E-state index < -0.39 is 18.0 Å². The van der Waals surface area contributed by atoms with Crippen LogP contribution < -0.4 is 10.8 Å². The maximum atomic E-state index is 11.0. The zero-order valence-electron chi connectivity index (χ0n) is 14.9. The van der Waals surface area contributed by atoms with Gasteiger partial charge in [-0.1, -0.05) is 6.92 Å². The van der Waals surface area contributed by atoms with Gasteiger partial charge in [-0.25, -0.2) is 0 Å². The van der Waals surface area contributed by atoms with Gasteiger partial charge in [0.15, 0.2) is 12.1 Å². The summed E-state index contributed by atoms with van der Waals surface area (Å²) in [7, 11) is 7.16. The molecule has 1 unspecified atom stereocenters. The molecule has 0 saturated carbocycles. The summed E-state index contributed by atoms with van der Waals surface area (Å²) in [6, 6.07) is 0. The summed E-state index contributed by atoms with van der Waals surface area (Å²) in [4.78, 5) is 32.6. The summed E-state index contributed by atoms with van der Waals surface area (Å²) in [5.41, 5.74) is 4.93. The van der Waals surface area contributed by atoms with Crippen LogP contribution in [0.3, 0.4) is 0 Å². The highest BCUT2D eigenvalue weighted by molar-refractivity contribution is 5.80. The van der Waals surface area contributed by atoms with Gasteiger partial charge in [-0.05, 0) is 0 Å². The molecule has 140 valence electrons. The van der Waals surface area contributed by atoms with Crippen molar-refractivity contribution in [2.75, 3.05) is 41.3 Å². The van der Waals surface area contributed by atoms with Crippen LogP contribution in [0.4, 0.5) is 0 Å². The fourth-order valence-electron chi connectivity index (χ4n) is 1.50. The van der Waals surface area contributed by atoms with E-state index in [0.717, 1.165) is 4.90 Å². The topological polar surface area (TPSA) is 157 Å². The number of ether oxygens (including phenoxy) is 1. The number of esters is 1. The van der Waals surface area contributed by atoms with Gasteiger partial charge in [0.2, 0.25) is 0 Å². The minimum absolute atomic E-state index is 0.227. The van der Waals surface area contributed by atoms with Crippen molar-refractivity contribution < 1.29 is 33.8 Å². The van der Waals surface area contributed by atoms with Crippen LogP contribution in [0.5, 0.6) is 0 Å². The molecule has 4 N–H and O–H groups in total. The maximum absolute atomic E-state index is 11.0. The second-order valence-corrected chi connectivity index (χ2v) is 6.15. The normalized spacial score (nSPS) is 11.5. The number of aliphatic carboxylic acids is 2. The molecular formula is C14H28N4O6. The number of likely N-dealkylation sites (N-methyl/N-ethyl adjacent to an activating group) is 2. The highest BCUT2D eigenvalue weighted by atomic mass is 16.5. The van der Waals surface area contributed by atoms with Gasteiger partial charge in [0, 0.05) is 25.9 Å². The number of carbonyl (C=O) groups is 3. The van der Waals surface area contributed by atoms with Crippen molar-refractivity contribution in [3.05, 3.63) is 0 Å². The molecule has 10 heteroatoms. The Hall–Kier alpha value is -2.36. The second-order valence-electron chi connectivity index (χ2n) is 6.15. The van der Waals surface area contributed by atoms with E-state index >= 15 is 0 Å². The average molecular weight is 348 g/mol. The molecule has 0 aromatic carbocycles. The Morgan fingerprint density at radius 3 is 2.08 bits per heavy atom. The quantitative estimate of drug-likeness (QED) is 0.198. The van der Waals surface area contributed by atoms with Crippen molar-refractivity contribution in [2.24, 2.45) is 5.73 Å². The standard InChI is InChI=1S/C10H19NO4.C4H9N3O2/c1-5-10(14)15-8(6-9(12)13)7-11(2,3)4;1-7(4(5)6)2-3(8)9/h8H,5-7H2,1-4H3;2H2,1H3,(H3,5,6)(H,8,9). The highest BCUT2D eigenvalue weighted by Crippen LogP contribution is 2.05. The third kappa shape index (κ3) is 16.0. The first-order valence-electron chi connectivity index (χ1n) is 7.25. The van der Waals surface area contributed by atoms with Crippen LogP contribution >= 0.6 is 0 Å². The largest absolute Gasteiger partial charge is 0.550 e. The number of quaternary nitrogens is 1. The van der Waals surface area contributed by atoms with E-state index in [1.807, 2.05) is 21.1 Å². The number of nitrogens with zero attached hydrogens (tertiary/aromatic N) is 2. The molecule has 0 saturated heterocycles. The first-order chi connectivity index (χ1) is 10.8. The number of hydrogen-bond acceptors (Lipinski definition) is 6. The van der Waals surface area contributed by atoms with Crippen molar-refractivity contribution in [3.63, 3.8) is 0 Å². The molecule has 0 aromatic rings. The van der Waals surface area contributed by atoms with E-state index in [4.69, 9.17) is 21.0 Å². The maximum Gasteiger partial charge on any atom is 0.323 e. The molecule has 0 spiro atoms. The number of hydrogen-bond donors (Lipinski definition) is 3. The van der Waals surface area contributed by atoms with Crippen LogP contribution in [-0.2, 0) is 19.1 Å². The van der Waals surface area contributed by atoms with Gasteiger partial charge in [-0.15, -0.1) is 0 Å². The number of nitrogens with one attached hydrogen (secondary N) is 1. The lowest BCUT2D eigenvalue weighted by Gasteiger charge is -2.29. The fourth-order valence-corrected chi connectivity index (χ4v) is 1.50. The molecule has 0 rings (SSSR count). The number of nitrogens with two attached hydrogens (primary N) is 1. The van der Waals surface area contributed by atoms with E-state index in [-0.39, 0.29) is 31.3 Å². The third-order valence-electron chi connectivity index (χ3n) is 2.52. The van der Waals surface area contributed by atoms with E-state index in [1.54, 1.807) is 6.92 Å². The summed E-state index contributed by atoms with van der Waals surface area (Å²) in [6.45, 7) is 1.90. The SMILES string of the molecule is CCC(=O)OC(CC(=O)[O-])C[N+](C)(C)C.CN(CC(=O)O)C(=N)N. The second kappa shape index (κ2) is 11.2. The third-order valence-corrected chi connectivity index (χ3v) is 2.52. The van der Waals surface area contributed by atoms with E-state index in [0.29, 0.717) is 11.0 Å². The van der Waals surface area contributed by atoms with Gasteiger partial charge >= 0.3 is 11.9 Å². The summed E-state index contributed by atoms with van der Waals surface area (Å²) in [5, 5.41) is 25.3. The van der Waals surface area contributed by atoms with Gasteiger partial charge in [-0.3, -0.25) is 15.0 Å². The lowest BCUT2D eigenvalue weighted by Crippen LogP contribution is -2.45. The molecule has 0 aliphatic rings. The molecule has 0 radical (unpaired) electrons. The smallest absolute Gasteiger partial charge is 0.323 e. The fraction of sp³-hybridized carbons (Fsp3) is 0.714. The molecule has 0 aromatic heterocycles. The summed E-state index contributed by atoms with van der Waals surface area (Å²) < 4.78 is 5.55. The van der Waals surface area contributed by atoms with Crippen LogP contribution in [0, 0.1) is 5.41 Å². The number of rotatable bonds is 8. The van der Waals surface area contributed by atoms with Gasteiger partial charge in [0.1, 0.15) is 13.1 Å². The Morgan fingerprint density at radius 2 is 1.83 bits per heavy atom. The summed E-state index contributed by atoms with van der Waals surface area (Å²) in [6.07, 6.45) is -0.607. The number of carbonyl (C=O) groups excluding carboxylic acids is 2. The van der Waals surface area contributed by atoms with E-state index in [9.17, 15) is 19.5 Å². The molecular weight excluding hydrogens is 320 g/mol. The number of carboxylic acids is 2. The van der Waals surface area contributed by atoms with Crippen molar-refractivity contribution in [1.82, 2.24) is 4.90 Å². The molecule has 0 aliphatic heterocycles. The average Bonchev–Trinajstić information content (AvgIpc) is 2.35. The monoisotopic (exact) mass is 348 g/mol. The molecule has 10 nitrogen and oxygen atoms in total. The van der Waals surface area contributed by atoms with E-state index in [1.165, 1.54) is 7.05 Å². The van der Waals surface area contributed by atoms with Gasteiger partial charge in [-0.2, -0.15) is 0 Å². The van der Waals surface area contributed by atoms with Gasteiger partial charge in [0.05, 0.1) is 21.1 Å². The molecule has 0 amide bonds.